The summed E-state index contributed by atoms with van der Waals surface area (Å²) in [6.45, 7) is 4.45. The molecule has 0 fully saturated rings. The Hall–Kier alpha value is -1.02. The van der Waals surface area contributed by atoms with Crippen molar-refractivity contribution >= 4 is 13.8 Å². The third-order valence-corrected chi connectivity index (χ3v) is 6.08. The molecule has 2 atom stereocenters. The predicted octanol–water partition coefficient (Wildman–Crippen LogP) is 6.23. The molecule has 9 heteroatoms. The summed E-state index contributed by atoms with van der Waals surface area (Å²) in [5.74, 6) is -0.390. The summed E-state index contributed by atoms with van der Waals surface area (Å²) in [6, 6.07) is 0. The molecule has 8 nitrogen and oxygen atoms in total. The van der Waals surface area contributed by atoms with Gasteiger partial charge < -0.3 is 20.1 Å². The first-order valence-electron chi connectivity index (χ1n) is 13.3. The highest BCUT2D eigenvalue weighted by atomic mass is 31.2. The van der Waals surface area contributed by atoms with Crippen LogP contribution in [0.2, 0.25) is 0 Å². The summed E-state index contributed by atoms with van der Waals surface area (Å²) in [7, 11) is -4.23. The van der Waals surface area contributed by atoms with E-state index in [1.165, 1.54) is 38.5 Å². The summed E-state index contributed by atoms with van der Waals surface area (Å²) in [5, 5.41) is 0. The number of carbonyl (C=O) groups is 1. The fraction of sp³-hybridized carbons (Fsp3) is 0.808. The molecule has 206 valence electrons. The summed E-state index contributed by atoms with van der Waals surface area (Å²) < 4.78 is 32.4. The Morgan fingerprint density at radius 2 is 1.51 bits per heavy atom. The molecule has 0 aliphatic heterocycles. The molecule has 0 saturated heterocycles. The molecule has 2 unspecified atom stereocenters. The average Bonchev–Trinajstić information content (AvgIpc) is 2.83. The van der Waals surface area contributed by atoms with Gasteiger partial charge in [0.1, 0.15) is 6.10 Å². The lowest BCUT2D eigenvalue weighted by molar-refractivity contribution is -0.154. The Bertz CT molecular complexity index is 598. The molecule has 0 rings (SSSR count). The number of phosphoric acid groups is 1. The number of allylic oxidation sites excluding steroid dienone is 4. The molecule has 3 N–H and O–H groups in total. The minimum atomic E-state index is -4.23. The monoisotopic (exact) mass is 519 g/mol. The quantitative estimate of drug-likeness (QED) is 0.0631. The molecule has 0 saturated carbocycles. The maximum absolute atomic E-state index is 11.8. The molecule has 0 aromatic carbocycles. The molecular weight excluding hydrogens is 469 g/mol. The molecule has 0 spiro atoms. The number of nitrogens with two attached hydrogens (primary N) is 1. The Morgan fingerprint density at radius 1 is 0.857 bits per heavy atom. The van der Waals surface area contributed by atoms with Crippen LogP contribution in [-0.2, 0) is 27.9 Å². The Labute approximate surface area is 213 Å². The third-order valence-electron chi connectivity index (χ3n) is 5.09. The van der Waals surface area contributed by atoms with E-state index in [2.05, 4.69) is 31.2 Å². The van der Waals surface area contributed by atoms with Crippen molar-refractivity contribution in [1.82, 2.24) is 0 Å². The van der Waals surface area contributed by atoms with Gasteiger partial charge >= 0.3 is 13.8 Å². The van der Waals surface area contributed by atoms with Crippen molar-refractivity contribution in [1.29, 1.82) is 0 Å². The van der Waals surface area contributed by atoms with Crippen LogP contribution in [0.1, 0.15) is 97.3 Å². The highest BCUT2D eigenvalue weighted by Gasteiger charge is 2.24. The zero-order chi connectivity index (χ0) is 26.0. The zero-order valence-electron chi connectivity index (χ0n) is 22.0. The van der Waals surface area contributed by atoms with Gasteiger partial charge in [-0.2, -0.15) is 0 Å². The largest absolute Gasteiger partial charge is 0.472 e. The van der Waals surface area contributed by atoms with Crippen LogP contribution in [0.15, 0.2) is 24.3 Å². The smallest absolute Gasteiger partial charge is 0.457 e. The second kappa shape index (κ2) is 24.7. The summed E-state index contributed by atoms with van der Waals surface area (Å²) in [6.07, 6.45) is 21.9. The first kappa shape index (κ1) is 34.0. The zero-order valence-corrected chi connectivity index (χ0v) is 22.9. The van der Waals surface area contributed by atoms with E-state index >= 15 is 0 Å². The molecule has 0 heterocycles. The van der Waals surface area contributed by atoms with Crippen LogP contribution >= 0.6 is 7.82 Å². The SMILES string of the molecule is CCCC/C=C\C/C=C\CCCCCCCCOCC(COP(=O)(O)OCCN)OC(=O)CCC. The van der Waals surface area contributed by atoms with Gasteiger partial charge in [-0.15, -0.1) is 0 Å². The van der Waals surface area contributed by atoms with Gasteiger partial charge in [0.2, 0.25) is 0 Å². The first-order chi connectivity index (χ1) is 16.9. The van der Waals surface area contributed by atoms with E-state index in [0.29, 0.717) is 13.0 Å². The summed E-state index contributed by atoms with van der Waals surface area (Å²) in [5.41, 5.74) is 5.26. The normalized spacial score (nSPS) is 14.5. The number of hydrogen-bond acceptors (Lipinski definition) is 7. The minimum absolute atomic E-state index is 0.0973. The average molecular weight is 520 g/mol. The molecule has 0 radical (unpaired) electrons. The highest BCUT2D eigenvalue weighted by Crippen LogP contribution is 2.43. The molecule has 0 aliphatic carbocycles. The number of esters is 1. The van der Waals surface area contributed by atoms with Gasteiger partial charge in [-0.1, -0.05) is 76.7 Å². The number of phosphoric ester groups is 1. The summed E-state index contributed by atoms with van der Waals surface area (Å²) >= 11 is 0. The lowest BCUT2D eigenvalue weighted by Crippen LogP contribution is -2.28. The van der Waals surface area contributed by atoms with Crippen LogP contribution in [0.25, 0.3) is 0 Å². The van der Waals surface area contributed by atoms with Gasteiger partial charge in [0.25, 0.3) is 0 Å². The molecular formula is C26H50NO7P. The van der Waals surface area contributed by atoms with E-state index in [9.17, 15) is 14.3 Å². The molecule has 0 aromatic rings. The maximum atomic E-state index is 11.8. The Balaban J connectivity index is 3.88. The standard InChI is InChI=1S/C26H50NO7P/c1-3-5-6-7-8-9-10-11-12-13-14-15-16-17-18-21-31-23-25(34-26(28)19-4-2)24-33-35(29,30)32-22-20-27/h7-8,10-11,25H,3-6,9,12-24,27H2,1-2H3,(H,29,30)/b8-7-,11-10-. The van der Waals surface area contributed by atoms with E-state index in [0.717, 1.165) is 32.1 Å². The van der Waals surface area contributed by atoms with E-state index in [1.54, 1.807) is 0 Å². The van der Waals surface area contributed by atoms with Crippen LogP contribution < -0.4 is 5.73 Å². The van der Waals surface area contributed by atoms with E-state index in [4.69, 9.17) is 24.3 Å². The van der Waals surface area contributed by atoms with Crippen LogP contribution in [0.4, 0.5) is 0 Å². The van der Waals surface area contributed by atoms with E-state index in [1.807, 2.05) is 6.92 Å². The number of rotatable bonds is 25. The maximum Gasteiger partial charge on any atom is 0.472 e. The fourth-order valence-corrected chi connectivity index (χ4v) is 3.93. The van der Waals surface area contributed by atoms with Gasteiger partial charge in [0, 0.05) is 19.6 Å². The lowest BCUT2D eigenvalue weighted by atomic mass is 10.1. The van der Waals surface area contributed by atoms with Crippen molar-refractivity contribution < 1.29 is 32.8 Å². The highest BCUT2D eigenvalue weighted by molar-refractivity contribution is 7.47. The molecule has 0 bridgehead atoms. The molecule has 0 aromatic heterocycles. The number of hydrogen-bond donors (Lipinski definition) is 2. The van der Waals surface area contributed by atoms with E-state index in [-0.39, 0.29) is 32.8 Å². The van der Waals surface area contributed by atoms with E-state index < -0.39 is 19.9 Å². The first-order valence-corrected chi connectivity index (χ1v) is 14.8. The van der Waals surface area contributed by atoms with Crippen molar-refractivity contribution in [2.45, 2.75) is 103 Å². The molecule has 0 aliphatic rings. The van der Waals surface area contributed by atoms with Gasteiger partial charge in [-0.3, -0.25) is 13.8 Å². The lowest BCUT2D eigenvalue weighted by Gasteiger charge is -2.19. The van der Waals surface area contributed by atoms with Crippen LogP contribution in [0.5, 0.6) is 0 Å². The van der Waals surface area contributed by atoms with Gasteiger partial charge in [-0.05, 0) is 38.5 Å². The van der Waals surface area contributed by atoms with Crippen molar-refractivity contribution in [3.8, 4) is 0 Å². The van der Waals surface area contributed by atoms with Crippen LogP contribution in [0, 0.1) is 0 Å². The summed E-state index contributed by atoms with van der Waals surface area (Å²) in [4.78, 5) is 21.4. The van der Waals surface area contributed by atoms with Crippen molar-refractivity contribution in [2.24, 2.45) is 5.73 Å². The van der Waals surface area contributed by atoms with Crippen molar-refractivity contribution in [3.63, 3.8) is 0 Å². The Morgan fingerprint density at radius 3 is 2.17 bits per heavy atom. The second-order valence-electron chi connectivity index (χ2n) is 8.55. The van der Waals surface area contributed by atoms with Crippen molar-refractivity contribution in [2.75, 3.05) is 33.0 Å². The third kappa shape index (κ3) is 24.5. The fourth-order valence-electron chi connectivity index (χ4n) is 3.16. The van der Waals surface area contributed by atoms with Gasteiger partial charge in [0.15, 0.2) is 0 Å². The Kier molecular flexibility index (Phi) is 23.9. The number of carbonyl (C=O) groups excluding carboxylic acids is 1. The van der Waals surface area contributed by atoms with Gasteiger partial charge in [0.05, 0.1) is 19.8 Å². The number of ether oxygens (including phenoxy) is 2. The minimum Gasteiger partial charge on any atom is -0.457 e. The number of unbranched alkanes of at least 4 members (excludes halogenated alkanes) is 8. The second-order valence-corrected chi connectivity index (χ2v) is 10.0. The van der Waals surface area contributed by atoms with Crippen LogP contribution in [-0.4, -0.2) is 49.9 Å². The van der Waals surface area contributed by atoms with Crippen LogP contribution in [0.3, 0.4) is 0 Å². The predicted molar refractivity (Wildman–Crippen MR) is 141 cm³/mol. The van der Waals surface area contributed by atoms with Crippen molar-refractivity contribution in [3.05, 3.63) is 24.3 Å². The van der Waals surface area contributed by atoms with Gasteiger partial charge in [-0.25, -0.2) is 4.57 Å². The molecule has 0 amide bonds. The topological polar surface area (TPSA) is 117 Å². The molecule has 35 heavy (non-hydrogen) atoms.